The van der Waals surface area contributed by atoms with Crippen LogP contribution in [-0.2, 0) is 14.6 Å². The number of amides is 1. The molecule has 1 aromatic heterocycles. The van der Waals surface area contributed by atoms with Gasteiger partial charge in [-0.15, -0.1) is 24.2 Å². The summed E-state index contributed by atoms with van der Waals surface area (Å²) in [4.78, 5) is 23.0. The quantitative estimate of drug-likeness (QED) is 0.349. The Labute approximate surface area is 210 Å². The summed E-state index contributed by atoms with van der Waals surface area (Å²) >= 11 is 3.13. The molecule has 33 heavy (non-hydrogen) atoms. The lowest BCUT2D eigenvalue weighted by Crippen LogP contribution is -2.36. The van der Waals surface area contributed by atoms with Crippen molar-refractivity contribution in [2.24, 2.45) is 0 Å². The van der Waals surface area contributed by atoms with Crippen molar-refractivity contribution >= 4 is 66.6 Å². The van der Waals surface area contributed by atoms with E-state index < -0.39 is 9.84 Å². The Morgan fingerprint density at radius 1 is 1.09 bits per heavy atom. The van der Waals surface area contributed by atoms with Crippen LogP contribution in [-0.4, -0.2) is 63.4 Å². The molecular formula is C23H30ClN3O3S3. The van der Waals surface area contributed by atoms with Gasteiger partial charge in [-0.3, -0.25) is 9.69 Å². The minimum Gasteiger partial charge on any atom is -0.308 e. The van der Waals surface area contributed by atoms with Crippen LogP contribution in [0.15, 0.2) is 52.3 Å². The lowest BCUT2D eigenvalue weighted by Gasteiger charge is -2.22. The van der Waals surface area contributed by atoms with Gasteiger partial charge in [0.15, 0.2) is 15.0 Å². The van der Waals surface area contributed by atoms with Crippen molar-refractivity contribution < 1.29 is 13.2 Å². The normalized spacial score (nSPS) is 11.5. The molecule has 3 rings (SSSR count). The molecule has 0 aliphatic rings. The average Bonchev–Trinajstić information content (AvgIpc) is 3.17. The number of hydrogen-bond acceptors (Lipinski definition) is 7. The highest BCUT2D eigenvalue weighted by Gasteiger charge is 2.22. The number of carbonyl (C=O) groups excluding carboxylic acids is 1. The van der Waals surface area contributed by atoms with E-state index in [1.54, 1.807) is 40.9 Å². The highest BCUT2D eigenvalue weighted by molar-refractivity contribution is 7.98. The molecule has 1 amide bonds. The third-order valence-electron chi connectivity index (χ3n) is 5.08. The molecule has 6 nitrogen and oxygen atoms in total. The van der Waals surface area contributed by atoms with Crippen LogP contribution >= 0.6 is 35.5 Å². The van der Waals surface area contributed by atoms with Crippen molar-refractivity contribution in [3.63, 3.8) is 0 Å². The topological polar surface area (TPSA) is 70.6 Å². The summed E-state index contributed by atoms with van der Waals surface area (Å²) in [6.07, 6.45) is 2.44. The maximum atomic E-state index is 13.1. The van der Waals surface area contributed by atoms with Gasteiger partial charge in [0.1, 0.15) is 0 Å². The minimum atomic E-state index is -3.41. The highest BCUT2D eigenvalue weighted by atomic mass is 35.5. The van der Waals surface area contributed by atoms with Gasteiger partial charge < -0.3 is 4.90 Å². The van der Waals surface area contributed by atoms with E-state index in [0.29, 0.717) is 23.1 Å². The smallest absolute Gasteiger partial charge is 0.228 e. The lowest BCUT2D eigenvalue weighted by molar-refractivity contribution is -0.118. The van der Waals surface area contributed by atoms with Crippen molar-refractivity contribution in [2.45, 2.75) is 29.6 Å². The van der Waals surface area contributed by atoms with Crippen LogP contribution in [0.4, 0.5) is 5.13 Å². The molecule has 0 radical (unpaired) electrons. The van der Waals surface area contributed by atoms with Gasteiger partial charge in [0, 0.05) is 24.4 Å². The van der Waals surface area contributed by atoms with Crippen LogP contribution in [0.5, 0.6) is 0 Å². The van der Waals surface area contributed by atoms with Gasteiger partial charge in [-0.25, -0.2) is 13.4 Å². The molecule has 1 heterocycles. The van der Waals surface area contributed by atoms with E-state index in [-0.39, 0.29) is 36.9 Å². The molecule has 2 aromatic carbocycles. The molecule has 0 fully saturated rings. The number of rotatable bonds is 10. The van der Waals surface area contributed by atoms with E-state index in [1.807, 2.05) is 50.4 Å². The number of fused-ring (bicyclic) bond motifs is 1. The zero-order chi connectivity index (χ0) is 23.3. The number of carbonyl (C=O) groups is 1. The molecule has 0 saturated heterocycles. The number of thiazole rings is 1. The average molecular weight is 528 g/mol. The fourth-order valence-corrected chi connectivity index (χ4v) is 6.21. The zero-order valence-electron chi connectivity index (χ0n) is 19.3. The van der Waals surface area contributed by atoms with Crippen molar-refractivity contribution in [1.29, 1.82) is 0 Å². The van der Waals surface area contributed by atoms with Crippen molar-refractivity contribution in [3.05, 3.63) is 48.0 Å². The number of likely N-dealkylation sites (N-methyl/N-ethyl adjacent to an activating group) is 1. The number of para-hydroxylation sites is 1. The SMILES string of the molecule is CSc1cccc2sc(N(CCN(C)C)C(=O)CCCS(=O)(=O)c3ccc(C)cc3)nc12.Cl. The number of sulfone groups is 1. The summed E-state index contributed by atoms with van der Waals surface area (Å²) < 4.78 is 26.3. The molecule has 180 valence electrons. The Kier molecular flexibility index (Phi) is 10.2. The molecule has 0 saturated carbocycles. The van der Waals surface area contributed by atoms with Crippen LogP contribution in [0.25, 0.3) is 10.2 Å². The Morgan fingerprint density at radius 2 is 1.79 bits per heavy atom. The lowest BCUT2D eigenvalue weighted by atomic mass is 10.2. The number of nitrogens with zero attached hydrogens (tertiary/aromatic N) is 3. The van der Waals surface area contributed by atoms with E-state index in [9.17, 15) is 13.2 Å². The Bertz CT molecular complexity index is 1180. The van der Waals surface area contributed by atoms with Crippen LogP contribution in [0, 0.1) is 6.92 Å². The zero-order valence-corrected chi connectivity index (χ0v) is 22.5. The van der Waals surface area contributed by atoms with Gasteiger partial charge in [-0.1, -0.05) is 35.1 Å². The monoisotopic (exact) mass is 527 g/mol. The summed E-state index contributed by atoms with van der Waals surface area (Å²) in [6, 6.07) is 12.9. The predicted molar refractivity (Wildman–Crippen MR) is 142 cm³/mol. The number of hydrogen-bond donors (Lipinski definition) is 0. The molecule has 10 heteroatoms. The molecule has 0 aliphatic heterocycles. The number of anilines is 1. The van der Waals surface area contributed by atoms with Gasteiger partial charge in [-0.2, -0.15) is 0 Å². The van der Waals surface area contributed by atoms with Gasteiger partial charge in [0.25, 0.3) is 0 Å². The van der Waals surface area contributed by atoms with Gasteiger partial charge in [-0.05, 0) is 58.0 Å². The number of halogens is 1. The fourth-order valence-electron chi connectivity index (χ4n) is 3.23. The van der Waals surface area contributed by atoms with E-state index in [1.165, 1.54) is 11.3 Å². The first-order chi connectivity index (χ1) is 15.2. The Morgan fingerprint density at radius 3 is 2.42 bits per heavy atom. The first kappa shape index (κ1) is 27.6. The molecular weight excluding hydrogens is 498 g/mol. The summed E-state index contributed by atoms with van der Waals surface area (Å²) in [5.41, 5.74) is 1.92. The van der Waals surface area contributed by atoms with Crippen LogP contribution < -0.4 is 4.90 Å². The fraction of sp³-hybridized carbons (Fsp3) is 0.391. The summed E-state index contributed by atoms with van der Waals surface area (Å²) in [5, 5.41) is 0.662. The maximum absolute atomic E-state index is 13.1. The maximum Gasteiger partial charge on any atom is 0.228 e. The second kappa shape index (κ2) is 12.2. The first-order valence-corrected chi connectivity index (χ1v) is 14.1. The second-order valence-corrected chi connectivity index (χ2v) is 11.9. The van der Waals surface area contributed by atoms with Crippen LogP contribution in [0.1, 0.15) is 18.4 Å². The number of aromatic nitrogens is 1. The third kappa shape index (κ3) is 7.16. The Hall–Kier alpha value is -1.65. The molecule has 0 spiro atoms. The van der Waals surface area contributed by atoms with Gasteiger partial charge in [0.05, 0.1) is 20.9 Å². The van der Waals surface area contributed by atoms with Crippen molar-refractivity contribution in [2.75, 3.05) is 44.1 Å². The van der Waals surface area contributed by atoms with Crippen LogP contribution in [0.2, 0.25) is 0 Å². The predicted octanol–water partition coefficient (Wildman–Crippen LogP) is 4.90. The number of thioether (sulfide) groups is 1. The standard InChI is InChI=1S/C23H29N3O3S3.ClH/c1-17-10-12-18(13-11-17)32(28,29)16-6-9-21(27)26(15-14-25(2)3)23-24-22-19(30-4)7-5-8-20(22)31-23;/h5,7-8,10-13H,6,9,14-16H2,1-4H3;1H. The minimum absolute atomic E-state index is 0. The highest BCUT2D eigenvalue weighted by Crippen LogP contribution is 2.34. The largest absolute Gasteiger partial charge is 0.308 e. The molecule has 3 aromatic rings. The molecule has 0 N–H and O–H groups in total. The molecule has 0 atom stereocenters. The van der Waals surface area contributed by atoms with Gasteiger partial charge >= 0.3 is 0 Å². The van der Waals surface area contributed by atoms with E-state index in [4.69, 9.17) is 4.98 Å². The molecule has 0 unspecified atom stereocenters. The van der Waals surface area contributed by atoms with Crippen molar-refractivity contribution in [1.82, 2.24) is 9.88 Å². The summed E-state index contributed by atoms with van der Waals surface area (Å²) in [6.45, 7) is 3.12. The van der Waals surface area contributed by atoms with E-state index in [0.717, 1.165) is 20.7 Å². The number of aryl methyl sites for hydroxylation is 1. The first-order valence-electron chi connectivity index (χ1n) is 10.4. The Balaban J connectivity index is 0.00000385. The summed E-state index contributed by atoms with van der Waals surface area (Å²) in [5.74, 6) is -0.157. The van der Waals surface area contributed by atoms with E-state index >= 15 is 0 Å². The molecule has 0 bridgehead atoms. The van der Waals surface area contributed by atoms with Gasteiger partial charge in [0.2, 0.25) is 5.91 Å². The second-order valence-electron chi connectivity index (χ2n) is 7.89. The van der Waals surface area contributed by atoms with Crippen LogP contribution in [0.3, 0.4) is 0 Å². The number of benzene rings is 2. The van der Waals surface area contributed by atoms with Crippen molar-refractivity contribution in [3.8, 4) is 0 Å². The summed E-state index contributed by atoms with van der Waals surface area (Å²) in [7, 11) is 0.506. The molecule has 0 aliphatic carbocycles. The van der Waals surface area contributed by atoms with E-state index in [2.05, 4.69) is 0 Å². The third-order valence-corrected chi connectivity index (χ3v) is 8.71.